The first-order valence-electron chi connectivity index (χ1n) is 2.51. The van der Waals surface area contributed by atoms with Gasteiger partial charge in [0, 0.05) is 12.5 Å². The van der Waals surface area contributed by atoms with E-state index in [1.807, 2.05) is 6.92 Å². The Bertz CT molecular complexity index is 71.1. The monoisotopic (exact) mass is 133 g/mol. The molecule has 0 aliphatic carbocycles. The van der Waals surface area contributed by atoms with Crippen molar-refractivity contribution in [3.05, 3.63) is 0 Å². The molecule has 0 aliphatic rings. The van der Waals surface area contributed by atoms with Crippen LogP contribution in [0.2, 0.25) is 0 Å². The Morgan fingerprint density at radius 2 is 2.25 bits per heavy atom. The van der Waals surface area contributed by atoms with Crippen molar-refractivity contribution in [2.75, 3.05) is 6.54 Å². The summed E-state index contributed by atoms with van der Waals surface area (Å²) >= 11 is 0. The van der Waals surface area contributed by atoms with E-state index in [0.717, 1.165) is 6.42 Å². The number of terminal acetylenes is 1. The van der Waals surface area contributed by atoms with Gasteiger partial charge in [-0.3, -0.25) is 0 Å². The molecule has 0 aromatic carbocycles. The highest BCUT2D eigenvalue weighted by atomic mass is 35.5. The van der Waals surface area contributed by atoms with E-state index in [9.17, 15) is 0 Å². The Morgan fingerprint density at radius 3 is 2.25 bits per heavy atom. The highest BCUT2D eigenvalue weighted by Crippen LogP contribution is 1.94. The molecule has 0 fully saturated rings. The van der Waals surface area contributed by atoms with E-state index in [1.165, 1.54) is 0 Å². The van der Waals surface area contributed by atoms with Crippen molar-refractivity contribution < 1.29 is 0 Å². The molecule has 0 saturated heterocycles. The summed E-state index contributed by atoms with van der Waals surface area (Å²) in [5.74, 6) is 2.87. The third-order valence-corrected chi connectivity index (χ3v) is 1.01. The standard InChI is InChI=1S/C6H11N.ClH/c1-3-6(4-2)5-7;/h1,6H,4-5,7H2,2H3;1H. The van der Waals surface area contributed by atoms with Gasteiger partial charge in [0.05, 0.1) is 0 Å². The van der Waals surface area contributed by atoms with Crippen LogP contribution in [0, 0.1) is 18.3 Å². The van der Waals surface area contributed by atoms with E-state index in [4.69, 9.17) is 12.2 Å². The molecule has 0 aromatic rings. The van der Waals surface area contributed by atoms with Gasteiger partial charge in [-0.1, -0.05) is 6.92 Å². The van der Waals surface area contributed by atoms with E-state index in [1.54, 1.807) is 0 Å². The second-order valence-corrected chi connectivity index (χ2v) is 1.51. The summed E-state index contributed by atoms with van der Waals surface area (Å²) in [5.41, 5.74) is 5.25. The molecule has 0 saturated carbocycles. The molecule has 2 heteroatoms. The lowest BCUT2D eigenvalue weighted by atomic mass is 10.1. The normalized spacial score (nSPS) is 11.1. The summed E-state index contributed by atoms with van der Waals surface area (Å²) < 4.78 is 0. The first-order chi connectivity index (χ1) is 3.35. The minimum Gasteiger partial charge on any atom is -0.329 e. The van der Waals surface area contributed by atoms with Gasteiger partial charge < -0.3 is 5.73 Å². The van der Waals surface area contributed by atoms with Crippen LogP contribution in [0.4, 0.5) is 0 Å². The van der Waals surface area contributed by atoms with Gasteiger partial charge in [0.1, 0.15) is 0 Å². The van der Waals surface area contributed by atoms with Crippen molar-refractivity contribution in [1.29, 1.82) is 0 Å². The van der Waals surface area contributed by atoms with Crippen LogP contribution in [-0.4, -0.2) is 6.54 Å². The highest BCUT2D eigenvalue weighted by molar-refractivity contribution is 5.85. The number of rotatable bonds is 2. The minimum absolute atomic E-state index is 0. The van der Waals surface area contributed by atoms with E-state index in [-0.39, 0.29) is 12.4 Å². The van der Waals surface area contributed by atoms with E-state index < -0.39 is 0 Å². The molecule has 1 nitrogen and oxygen atoms in total. The molecule has 0 aliphatic heterocycles. The van der Waals surface area contributed by atoms with E-state index in [2.05, 4.69) is 5.92 Å². The van der Waals surface area contributed by atoms with Gasteiger partial charge in [-0.15, -0.1) is 24.8 Å². The molecule has 0 rings (SSSR count). The summed E-state index contributed by atoms with van der Waals surface area (Å²) in [6, 6.07) is 0. The lowest BCUT2D eigenvalue weighted by Crippen LogP contribution is -2.10. The predicted molar refractivity (Wildman–Crippen MR) is 38.9 cm³/mol. The van der Waals surface area contributed by atoms with Crippen LogP contribution in [0.5, 0.6) is 0 Å². The van der Waals surface area contributed by atoms with Gasteiger partial charge in [-0.2, -0.15) is 0 Å². The van der Waals surface area contributed by atoms with Crippen LogP contribution in [-0.2, 0) is 0 Å². The fourth-order valence-electron chi connectivity index (χ4n) is 0.353. The topological polar surface area (TPSA) is 26.0 Å². The highest BCUT2D eigenvalue weighted by Gasteiger charge is 1.93. The third-order valence-electron chi connectivity index (χ3n) is 1.01. The Morgan fingerprint density at radius 1 is 1.75 bits per heavy atom. The smallest absolute Gasteiger partial charge is 0.0320 e. The lowest BCUT2D eigenvalue weighted by molar-refractivity contribution is 0.662. The van der Waals surface area contributed by atoms with Crippen LogP contribution >= 0.6 is 12.4 Å². The molecular formula is C6H12ClN. The molecule has 1 atom stereocenters. The van der Waals surface area contributed by atoms with Gasteiger partial charge in [0.15, 0.2) is 0 Å². The van der Waals surface area contributed by atoms with Crippen molar-refractivity contribution >= 4 is 12.4 Å². The average Bonchev–Trinajstić information content (AvgIpc) is 1.72. The zero-order valence-electron chi connectivity index (χ0n) is 5.05. The maximum atomic E-state index is 5.25. The average molecular weight is 134 g/mol. The Labute approximate surface area is 57.1 Å². The summed E-state index contributed by atoms with van der Waals surface area (Å²) in [7, 11) is 0. The second-order valence-electron chi connectivity index (χ2n) is 1.51. The molecule has 48 valence electrons. The summed E-state index contributed by atoms with van der Waals surface area (Å²) in [5, 5.41) is 0. The molecule has 0 bridgehead atoms. The van der Waals surface area contributed by atoms with Crippen LogP contribution in [0.25, 0.3) is 0 Å². The zero-order chi connectivity index (χ0) is 5.70. The van der Waals surface area contributed by atoms with Crippen molar-refractivity contribution in [3.8, 4) is 12.3 Å². The molecule has 0 heterocycles. The number of hydrogen-bond acceptors (Lipinski definition) is 1. The first kappa shape index (κ1) is 10.7. The van der Waals surface area contributed by atoms with Gasteiger partial charge in [0.2, 0.25) is 0 Å². The fourth-order valence-corrected chi connectivity index (χ4v) is 0.353. The van der Waals surface area contributed by atoms with Crippen molar-refractivity contribution in [2.45, 2.75) is 13.3 Å². The first-order valence-corrected chi connectivity index (χ1v) is 2.51. The molecule has 0 aromatic heterocycles. The van der Waals surface area contributed by atoms with Crippen LogP contribution in [0.3, 0.4) is 0 Å². The maximum Gasteiger partial charge on any atom is 0.0320 e. The van der Waals surface area contributed by atoms with Crippen molar-refractivity contribution in [3.63, 3.8) is 0 Å². The zero-order valence-corrected chi connectivity index (χ0v) is 5.87. The van der Waals surface area contributed by atoms with Gasteiger partial charge in [-0.25, -0.2) is 0 Å². The number of halogens is 1. The van der Waals surface area contributed by atoms with Crippen LogP contribution in [0.1, 0.15) is 13.3 Å². The van der Waals surface area contributed by atoms with Gasteiger partial charge >= 0.3 is 0 Å². The fraction of sp³-hybridized carbons (Fsp3) is 0.667. The molecule has 2 N–H and O–H groups in total. The van der Waals surface area contributed by atoms with Gasteiger partial charge in [-0.05, 0) is 6.42 Å². The summed E-state index contributed by atoms with van der Waals surface area (Å²) in [6.45, 7) is 2.66. The second kappa shape index (κ2) is 6.81. The Balaban J connectivity index is 0. The number of hydrogen-bond donors (Lipinski definition) is 1. The van der Waals surface area contributed by atoms with E-state index in [0.29, 0.717) is 12.5 Å². The largest absolute Gasteiger partial charge is 0.329 e. The molecule has 1 unspecified atom stereocenters. The quantitative estimate of drug-likeness (QED) is 0.560. The summed E-state index contributed by atoms with van der Waals surface area (Å²) in [4.78, 5) is 0. The Kier molecular flexibility index (Phi) is 9.13. The predicted octanol–water partition coefficient (Wildman–Crippen LogP) is 1.03. The van der Waals surface area contributed by atoms with Crippen LogP contribution < -0.4 is 5.73 Å². The van der Waals surface area contributed by atoms with Gasteiger partial charge in [0.25, 0.3) is 0 Å². The summed E-state index contributed by atoms with van der Waals surface area (Å²) in [6.07, 6.45) is 6.06. The van der Waals surface area contributed by atoms with E-state index >= 15 is 0 Å². The van der Waals surface area contributed by atoms with Crippen molar-refractivity contribution in [1.82, 2.24) is 0 Å². The Hall–Kier alpha value is -0.190. The SMILES string of the molecule is C#CC(CC)CN.Cl. The molecule has 0 spiro atoms. The third kappa shape index (κ3) is 3.98. The van der Waals surface area contributed by atoms with Crippen LogP contribution in [0.15, 0.2) is 0 Å². The molecule has 8 heavy (non-hydrogen) atoms. The van der Waals surface area contributed by atoms with Crippen molar-refractivity contribution in [2.24, 2.45) is 11.7 Å². The minimum atomic E-state index is 0. The molecule has 0 amide bonds. The molecular weight excluding hydrogens is 122 g/mol. The molecule has 0 radical (unpaired) electrons. The maximum absolute atomic E-state index is 5.25. The number of nitrogens with two attached hydrogens (primary N) is 1. The lowest BCUT2D eigenvalue weighted by Gasteiger charge is -1.98.